The van der Waals surface area contributed by atoms with Crippen LogP contribution < -0.4 is 21.3 Å². The number of carbonyl (C=O) groups is 3. The van der Waals surface area contributed by atoms with Crippen molar-refractivity contribution in [2.45, 2.75) is 114 Å². The van der Waals surface area contributed by atoms with E-state index in [2.05, 4.69) is 26.2 Å². The highest BCUT2D eigenvalue weighted by Gasteiger charge is 2.46. The van der Waals surface area contributed by atoms with Crippen molar-refractivity contribution in [3.63, 3.8) is 0 Å². The van der Waals surface area contributed by atoms with Crippen molar-refractivity contribution in [2.75, 3.05) is 25.9 Å². The second-order valence-electron chi connectivity index (χ2n) is 16.1. The van der Waals surface area contributed by atoms with Gasteiger partial charge < -0.3 is 26.4 Å². The van der Waals surface area contributed by atoms with Crippen LogP contribution in [0.3, 0.4) is 0 Å². The molecule has 0 spiro atoms. The molecule has 4 rings (SSSR count). The van der Waals surface area contributed by atoms with Crippen molar-refractivity contribution >= 4 is 27.6 Å². The summed E-state index contributed by atoms with van der Waals surface area (Å²) in [6, 6.07) is 16.2. The van der Waals surface area contributed by atoms with E-state index in [0.29, 0.717) is 31.3 Å². The maximum Gasteiger partial charge on any atom is 0.244 e. The molecule has 51 heavy (non-hydrogen) atoms. The number of nitrogens with zero attached hydrogens (tertiary/aromatic N) is 1. The molecule has 2 aromatic carbocycles. The average Bonchev–Trinajstić information content (AvgIpc) is 3.06. The Balaban J connectivity index is 1.56. The first kappa shape index (κ1) is 40.5. The van der Waals surface area contributed by atoms with Crippen molar-refractivity contribution in [1.29, 1.82) is 0 Å². The number of likely N-dealkylation sites (tertiary alicyclic amines) is 1. The standard InChI is InChI=1S/C39H59N5O6S/c1-38(2,3)43-36(47)32-22-29-19-13-14-20-30(29)25-44(32)26-33(45)31(21-27-15-9-7-10-16-27)41-37(48)35(39(4,5)51(6,49)50)42-34(46)24-40-23-28-17-11-8-12-18-28/h7-12,15-18,29-33,35,40,45H,13-14,19-26H2,1-6H3,(H,41,48)(H,42,46)(H,43,47)/t29-,30+,31?,32?,33?,35+/m0/s1. The maximum absolute atomic E-state index is 14.2. The number of rotatable bonds is 15. The lowest BCUT2D eigenvalue weighted by Gasteiger charge is -2.47. The van der Waals surface area contributed by atoms with E-state index in [1.807, 2.05) is 81.4 Å². The molecular formula is C39H59N5O6S. The van der Waals surface area contributed by atoms with Crippen LogP contribution in [0.4, 0.5) is 0 Å². The van der Waals surface area contributed by atoms with Gasteiger partial charge in [0.1, 0.15) is 6.04 Å². The zero-order valence-corrected chi connectivity index (χ0v) is 32.0. The lowest BCUT2D eigenvalue weighted by atomic mass is 9.72. The van der Waals surface area contributed by atoms with Crippen LogP contribution in [0.15, 0.2) is 60.7 Å². The molecule has 1 saturated heterocycles. The molecule has 2 fully saturated rings. The van der Waals surface area contributed by atoms with Gasteiger partial charge in [0.05, 0.1) is 29.5 Å². The molecule has 282 valence electrons. The normalized spacial score (nSPS) is 21.8. The van der Waals surface area contributed by atoms with Gasteiger partial charge in [0.2, 0.25) is 17.7 Å². The van der Waals surface area contributed by atoms with Gasteiger partial charge in [0.15, 0.2) is 9.84 Å². The monoisotopic (exact) mass is 725 g/mol. The summed E-state index contributed by atoms with van der Waals surface area (Å²) in [5.74, 6) is -0.438. The van der Waals surface area contributed by atoms with Crippen molar-refractivity contribution in [1.82, 2.24) is 26.2 Å². The van der Waals surface area contributed by atoms with Gasteiger partial charge in [0.25, 0.3) is 0 Å². The predicted octanol–water partition coefficient (Wildman–Crippen LogP) is 2.97. The fourth-order valence-electron chi connectivity index (χ4n) is 7.31. The van der Waals surface area contributed by atoms with Gasteiger partial charge in [-0.05, 0) is 76.8 Å². The van der Waals surface area contributed by atoms with Gasteiger partial charge >= 0.3 is 0 Å². The number of β-amino-alcohol motifs (C(OH)–C–C–N with tert-alkyl or cyclic N) is 1. The Morgan fingerprint density at radius 3 is 2.06 bits per heavy atom. The van der Waals surface area contributed by atoms with E-state index in [9.17, 15) is 27.9 Å². The molecule has 1 aliphatic carbocycles. The minimum Gasteiger partial charge on any atom is -0.390 e. The third-order valence-electron chi connectivity index (χ3n) is 10.5. The van der Waals surface area contributed by atoms with Crippen LogP contribution >= 0.6 is 0 Å². The van der Waals surface area contributed by atoms with Crippen LogP contribution in [-0.4, -0.2) is 96.6 Å². The predicted molar refractivity (Wildman–Crippen MR) is 200 cm³/mol. The van der Waals surface area contributed by atoms with Gasteiger partial charge in [-0.25, -0.2) is 8.42 Å². The molecule has 2 aliphatic rings. The summed E-state index contributed by atoms with van der Waals surface area (Å²) < 4.78 is 24.4. The zero-order chi connectivity index (χ0) is 37.4. The Kier molecular flexibility index (Phi) is 13.9. The minimum atomic E-state index is -3.85. The van der Waals surface area contributed by atoms with Crippen molar-refractivity contribution in [3.05, 3.63) is 71.8 Å². The van der Waals surface area contributed by atoms with E-state index in [1.54, 1.807) is 0 Å². The van der Waals surface area contributed by atoms with Crippen LogP contribution in [0.1, 0.15) is 77.8 Å². The van der Waals surface area contributed by atoms with Crippen LogP contribution in [0.25, 0.3) is 0 Å². The first-order chi connectivity index (χ1) is 23.9. The van der Waals surface area contributed by atoms with Gasteiger partial charge in [-0.2, -0.15) is 0 Å². The van der Waals surface area contributed by atoms with Crippen molar-refractivity contribution in [3.8, 4) is 0 Å². The van der Waals surface area contributed by atoms with Crippen molar-refractivity contribution in [2.24, 2.45) is 11.8 Å². The fourth-order valence-corrected chi connectivity index (χ4v) is 7.90. The number of piperidine rings is 1. The first-order valence-corrected chi connectivity index (χ1v) is 20.2. The van der Waals surface area contributed by atoms with Gasteiger partial charge in [-0.15, -0.1) is 0 Å². The molecule has 3 unspecified atom stereocenters. The molecule has 12 heteroatoms. The van der Waals surface area contributed by atoms with Crippen molar-refractivity contribution < 1.29 is 27.9 Å². The van der Waals surface area contributed by atoms with Crippen LogP contribution in [0, 0.1) is 11.8 Å². The van der Waals surface area contributed by atoms with E-state index in [4.69, 9.17) is 0 Å². The molecule has 3 amide bonds. The molecule has 1 aliphatic heterocycles. The Morgan fingerprint density at radius 2 is 1.47 bits per heavy atom. The summed E-state index contributed by atoms with van der Waals surface area (Å²) in [5.41, 5.74) is 1.42. The Bertz CT molecular complexity index is 1560. The third kappa shape index (κ3) is 11.6. The molecule has 6 atom stereocenters. The van der Waals surface area contributed by atoms with E-state index in [-0.39, 0.29) is 25.4 Å². The number of carbonyl (C=O) groups excluding carboxylic acids is 3. The number of aliphatic hydroxyl groups is 1. The Morgan fingerprint density at radius 1 is 0.882 bits per heavy atom. The summed E-state index contributed by atoms with van der Waals surface area (Å²) >= 11 is 0. The fraction of sp³-hybridized carbons (Fsp3) is 0.615. The minimum absolute atomic E-state index is 0.0686. The smallest absolute Gasteiger partial charge is 0.244 e. The lowest BCUT2D eigenvalue weighted by molar-refractivity contribution is -0.133. The third-order valence-corrected chi connectivity index (χ3v) is 12.6. The number of benzene rings is 2. The second-order valence-corrected chi connectivity index (χ2v) is 18.7. The largest absolute Gasteiger partial charge is 0.390 e. The summed E-state index contributed by atoms with van der Waals surface area (Å²) in [6.07, 6.45) is 5.39. The molecule has 2 aromatic rings. The average molecular weight is 726 g/mol. The highest BCUT2D eigenvalue weighted by Crippen LogP contribution is 2.39. The zero-order valence-electron chi connectivity index (χ0n) is 31.2. The number of hydrogen-bond acceptors (Lipinski definition) is 8. The summed E-state index contributed by atoms with van der Waals surface area (Å²) in [7, 11) is -3.85. The highest BCUT2D eigenvalue weighted by atomic mass is 32.2. The van der Waals surface area contributed by atoms with Gasteiger partial charge in [0, 0.05) is 31.4 Å². The molecule has 1 saturated carbocycles. The quantitative estimate of drug-likeness (QED) is 0.188. The molecule has 0 aromatic heterocycles. The molecule has 11 nitrogen and oxygen atoms in total. The van der Waals surface area contributed by atoms with E-state index >= 15 is 0 Å². The number of sulfone groups is 1. The summed E-state index contributed by atoms with van der Waals surface area (Å²) in [5, 5.41) is 23.8. The van der Waals surface area contributed by atoms with Gasteiger partial charge in [-0.1, -0.05) is 79.9 Å². The molecule has 0 bridgehead atoms. The topological polar surface area (TPSA) is 157 Å². The van der Waals surface area contributed by atoms with E-state index in [0.717, 1.165) is 43.1 Å². The Hall–Kier alpha value is -3.32. The number of fused-ring (bicyclic) bond motifs is 1. The second kappa shape index (κ2) is 17.5. The summed E-state index contributed by atoms with van der Waals surface area (Å²) in [4.78, 5) is 43.1. The molecule has 0 radical (unpaired) electrons. The van der Waals surface area contributed by atoms with Crippen LogP contribution in [-0.2, 0) is 37.2 Å². The maximum atomic E-state index is 14.2. The first-order valence-electron chi connectivity index (χ1n) is 18.3. The van der Waals surface area contributed by atoms with E-state index in [1.165, 1.54) is 13.8 Å². The number of hydrogen-bond donors (Lipinski definition) is 5. The number of amides is 3. The highest BCUT2D eigenvalue weighted by molar-refractivity contribution is 7.92. The number of aliphatic hydroxyl groups excluding tert-OH is 1. The lowest BCUT2D eigenvalue weighted by Crippen LogP contribution is -2.64. The van der Waals surface area contributed by atoms with Crippen LogP contribution in [0.2, 0.25) is 0 Å². The molecular weight excluding hydrogens is 667 g/mol. The molecule has 1 heterocycles. The van der Waals surface area contributed by atoms with Gasteiger partial charge in [-0.3, -0.25) is 19.3 Å². The van der Waals surface area contributed by atoms with E-state index < -0.39 is 56.2 Å². The Labute approximate surface area is 304 Å². The SMILES string of the molecule is CC(C)(C)NC(=O)C1C[C@@H]2CCCC[C@@H]2CN1CC(O)C(Cc1ccccc1)NC(=O)[C@@H](NC(=O)CNCc1ccccc1)C(C)(C)S(C)(=O)=O. The number of nitrogens with one attached hydrogen (secondary N) is 4. The van der Waals surface area contributed by atoms with Crippen LogP contribution in [0.5, 0.6) is 0 Å². The molecule has 5 N–H and O–H groups in total. The summed E-state index contributed by atoms with van der Waals surface area (Å²) in [6.45, 7) is 9.78.